The average molecular weight is 582 g/mol. The zero-order valence-electron chi connectivity index (χ0n) is 23.2. The van der Waals surface area contributed by atoms with E-state index in [1.54, 1.807) is 12.1 Å². The van der Waals surface area contributed by atoms with E-state index >= 15 is 0 Å². The largest absolute Gasteiger partial charge is 0.573 e. The second-order valence-electron chi connectivity index (χ2n) is 11.6. The van der Waals surface area contributed by atoms with Crippen LogP contribution in [-0.2, 0) is 13.1 Å². The summed E-state index contributed by atoms with van der Waals surface area (Å²) >= 11 is 6.38. The molecular weight excluding hydrogens is 547 g/mol. The van der Waals surface area contributed by atoms with Crippen LogP contribution in [0, 0.1) is 5.92 Å². The first kappa shape index (κ1) is 28.1. The van der Waals surface area contributed by atoms with Crippen LogP contribution in [0.5, 0.6) is 5.75 Å². The predicted molar refractivity (Wildman–Crippen MR) is 158 cm³/mol. The van der Waals surface area contributed by atoms with Gasteiger partial charge in [-0.15, -0.1) is 13.2 Å². The van der Waals surface area contributed by atoms with Crippen molar-refractivity contribution in [2.75, 3.05) is 26.2 Å². The second-order valence-corrected chi connectivity index (χ2v) is 12.0. The smallest absolute Gasteiger partial charge is 0.406 e. The van der Waals surface area contributed by atoms with Crippen LogP contribution in [0.1, 0.15) is 43.4 Å². The van der Waals surface area contributed by atoms with E-state index in [1.165, 1.54) is 35.2 Å². The van der Waals surface area contributed by atoms with Crippen LogP contribution in [0.4, 0.5) is 13.2 Å². The molecule has 1 aliphatic carbocycles. The molecule has 1 aliphatic heterocycles. The van der Waals surface area contributed by atoms with Gasteiger partial charge in [0.25, 0.3) is 0 Å². The summed E-state index contributed by atoms with van der Waals surface area (Å²) in [4.78, 5) is 4.94. The Labute approximate surface area is 244 Å². The zero-order valence-corrected chi connectivity index (χ0v) is 24.0. The SMILES string of the molecule is C[C@@H]1CC[C@H](n2cc(-c3ccc(OC(F)(F)F)cc3)c3cc(CN4CCN(Cc5ccccc5Cl)CC4)ccc32)C1. The standard InChI is InChI=1S/C33H35ClF3N3O/c1-23-6-10-27(18-23)40-22-30(25-8-11-28(12-9-25)41-33(35,36)37)29-19-24(7-13-32(29)40)20-38-14-16-39(17-15-38)21-26-4-2-3-5-31(26)34/h2-5,7-9,11-13,19,22-23,27H,6,10,14-18,20-21H2,1H3/t23-,27+/m1/s1. The Kier molecular flexibility index (Phi) is 8.03. The quantitative estimate of drug-likeness (QED) is 0.218. The van der Waals surface area contributed by atoms with Crippen molar-refractivity contribution in [3.8, 4) is 16.9 Å². The third-order valence-electron chi connectivity index (χ3n) is 8.58. The molecule has 6 rings (SSSR count). The molecule has 1 saturated heterocycles. The van der Waals surface area contributed by atoms with E-state index < -0.39 is 6.36 Å². The minimum atomic E-state index is -4.70. The Morgan fingerprint density at radius 2 is 1.59 bits per heavy atom. The molecule has 2 fully saturated rings. The fourth-order valence-corrected chi connectivity index (χ4v) is 6.63. The van der Waals surface area contributed by atoms with Gasteiger partial charge in [-0.2, -0.15) is 0 Å². The van der Waals surface area contributed by atoms with E-state index in [2.05, 4.69) is 56.5 Å². The maximum absolute atomic E-state index is 12.7. The summed E-state index contributed by atoms with van der Waals surface area (Å²) in [5.41, 5.74) is 5.53. The molecule has 0 amide bonds. The molecule has 2 aliphatic rings. The molecule has 1 saturated carbocycles. The average Bonchev–Trinajstić information content (AvgIpc) is 3.54. The van der Waals surface area contributed by atoms with Crippen molar-refractivity contribution in [1.82, 2.24) is 14.4 Å². The topological polar surface area (TPSA) is 20.6 Å². The van der Waals surface area contributed by atoms with Crippen molar-refractivity contribution in [1.29, 1.82) is 0 Å². The summed E-state index contributed by atoms with van der Waals surface area (Å²) in [6.07, 6.45) is 0.990. The summed E-state index contributed by atoms with van der Waals surface area (Å²) in [6, 6.07) is 21.5. The lowest BCUT2D eigenvalue weighted by atomic mass is 10.0. The first-order valence-electron chi connectivity index (χ1n) is 14.4. The molecule has 0 unspecified atom stereocenters. The number of halogens is 4. The summed E-state index contributed by atoms with van der Waals surface area (Å²) in [5, 5.41) is 1.96. The monoisotopic (exact) mass is 581 g/mol. The zero-order chi connectivity index (χ0) is 28.6. The maximum Gasteiger partial charge on any atom is 0.573 e. The number of alkyl halides is 3. The van der Waals surface area contributed by atoms with E-state index in [-0.39, 0.29) is 5.75 Å². The van der Waals surface area contributed by atoms with Crippen molar-refractivity contribution >= 4 is 22.5 Å². The third-order valence-corrected chi connectivity index (χ3v) is 8.95. The molecule has 0 radical (unpaired) electrons. The van der Waals surface area contributed by atoms with Crippen LogP contribution in [0.2, 0.25) is 5.02 Å². The van der Waals surface area contributed by atoms with Crippen LogP contribution >= 0.6 is 11.6 Å². The van der Waals surface area contributed by atoms with Crippen molar-refractivity contribution in [2.45, 2.75) is 51.7 Å². The van der Waals surface area contributed by atoms with Crippen LogP contribution < -0.4 is 4.74 Å². The molecule has 4 aromatic rings. The summed E-state index contributed by atoms with van der Waals surface area (Å²) in [6.45, 7) is 7.97. The van der Waals surface area contributed by atoms with Gasteiger partial charge in [-0.25, -0.2) is 0 Å². The van der Waals surface area contributed by atoms with Crippen LogP contribution in [0.3, 0.4) is 0 Å². The van der Waals surface area contributed by atoms with Crippen LogP contribution in [-0.4, -0.2) is 46.9 Å². The Bertz CT molecular complexity index is 1490. The number of hydrogen-bond donors (Lipinski definition) is 0. The number of piperazine rings is 1. The first-order chi connectivity index (χ1) is 19.7. The molecule has 1 aromatic heterocycles. The van der Waals surface area contributed by atoms with Gasteiger partial charge in [0.1, 0.15) is 5.75 Å². The molecule has 0 N–H and O–H groups in total. The predicted octanol–water partition coefficient (Wildman–Crippen LogP) is 8.54. The molecule has 0 bridgehead atoms. The van der Waals surface area contributed by atoms with E-state index in [0.717, 1.165) is 73.6 Å². The Morgan fingerprint density at radius 3 is 2.24 bits per heavy atom. The number of rotatable bonds is 7. The molecular formula is C33H35ClF3N3O. The van der Waals surface area contributed by atoms with E-state index in [0.29, 0.717) is 12.0 Å². The van der Waals surface area contributed by atoms with Gasteiger partial charge in [0.15, 0.2) is 0 Å². The Balaban J connectivity index is 1.22. The fraction of sp³-hybridized carbons (Fsp3) is 0.394. The van der Waals surface area contributed by atoms with Gasteiger partial charge in [0, 0.05) is 73.0 Å². The molecule has 2 heterocycles. The van der Waals surface area contributed by atoms with Crippen molar-refractivity contribution in [3.05, 3.63) is 89.1 Å². The molecule has 41 heavy (non-hydrogen) atoms. The van der Waals surface area contributed by atoms with Crippen molar-refractivity contribution < 1.29 is 17.9 Å². The van der Waals surface area contributed by atoms with Crippen LogP contribution in [0.25, 0.3) is 22.0 Å². The number of aromatic nitrogens is 1. The normalized spacial score (nSPS) is 20.6. The summed E-state index contributed by atoms with van der Waals surface area (Å²) in [5.74, 6) is 0.486. The molecule has 8 heteroatoms. The van der Waals surface area contributed by atoms with E-state index in [4.69, 9.17) is 11.6 Å². The van der Waals surface area contributed by atoms with Gasteiger partial charge in [0.05, 0.1) is 0 Å². The maximum atomic E-state index is 12.7. The number of benzene rings is 3. The lowest BCUT2D eigenvalue weighted by molar-refractivity contribution is -0.274. The molecule has 4 nitrogen and oxygen atoms in total. The molecule has 3 aromatic carbocycles. The lowest BCUT2D eigenvalue weighted by Crippen LogP contribution is -2.45. The first-order valence-corrected chi connectivity index (χ1v) is 14.8. The van der Waals surface area contributed by atoms with Gasteiger partial charge in [-0.1, -0.05) is 54.9 Å². The number of ether oxygens (including phenoxy) is 1. The summed E-state index contributed by atoms with van der Waals surface area (Å²) in [7, 11) is 0. The van der Waals surface area contributed by atoms with Crippen molar-refractivity contribution in [3.63, 3.8) is 0 Å². The Hall–Kier alpha value is -3.00. The van der Waals surface area contributed by atoms with Gasteiger partial charge < -0.3 is 9.30 Å². The molecule has 216 valence electrons. The highest BCUT2D eigenvalue weighted by atomic mass is 35.5. The van der Waals surface area contributed by atoms with Gasteiger partial charge in [-0.05, 0) is 72.2 Å². The highest BCUT2D eigenvalue weighted by Crippen LogP contribution is 2.40. The minimum Gasteiger partial charge on any atom is -0.406 e. The molecule has 2 atom stereocenters. The molecule has 0 spiro atoms. The second kappa shape index (κ2) is 11.7. The number of nitrogens with zero attached hydrogens (tertiary/aromatic N) is 3. The fourth-order valence-electron chi connectivity index (χ4n) is 6.43. The van der Waals surface area contributed by atoms with E-state index in [1.807, 2.05) is 18.2 Å². The number of hydrogen-bond acceptors (Lipinski definition) is 3. The van der Waals surface area contributed by atoms with Gasteiger partial charge in [-0.3, -0.25) is 9.80 Å². The lowest BCUT2D eigenvalue weighted by Gasteiger charge is -2.35. The van der Waals surface area contributed by atoms with E-state index in [9.17, 15) is 13.2 Å². The van der Waals surface area contributed by atoms with Gasteiger partial charge in [0.2, 0.25) is 0 Å². The highest BCUT2D eigenvalue weighted by Gasteiger charge is 2.31. The highest BCUT2D eigenvalue weighted by molar-refractivity contribution is 6.31. The number of fused-ring (bicyclic) bond motifs is 1. The summed E-state index contributed by atoms with van der Waals surface area (Å²) < 4.78 is 44.6. The third kappa shape index (κ3) is 6.58. The van der Waals surface area contributed by atoms with Crippen molar-refractivity contribution in [2.24, 2.45) is 5.92 Å². The van der Waals surface area contributed by atoms with Gasteiger partial charge >= 0.3 is 6.36 Å². The minimum absolute atomic E-state index is 0.205. The Morgan fingerprint density at radius 1 is 0.878 bits per heavy atom. The van der Waals surface area contributed by atoms with Crippen LogP contribution in [0.15, 0.2) is 72.9 Å².